The Labute approximate surface area is 110 Å². The van der Waals surface area contributed by atoms with E-state index in [-0.39, 0.29) is 0 Å². The molecule has 0 amide bonds. The number of benzene rings is 1. The minimum absolute atomic E-state index is 0.441. The van der Waals surface area contributed by atoms with Gasteiger partial charge in [0, 0.05) is 17.1 Å². The molecule has 1 aromatic carbocycles. The van der Waals surface area contributed by atoms with Crippen LogP contribution in [0.2, 0.25) is 5.02 Å². The number of tetrazole rings is 1. The second-order valence-corrected chi connectivity index (χ2v) is 4.13. The molecule has 2 aromatic rings. The summed E-state index contributed by atoms with van der Waals surface area (Å²) in [7, 11) is 0. The van der Waals surface area contributed by atoms with E-state index >= 15 is 0 Å². The number of H-pyrrole nitrogens is 1. The first kappa shape index (κ1) is 12.6. The van der Waals surface area contributed by atoms with Crippen molar-refractivity contribution in [2.45, 2.75) is 19.9 Å². The van der Waals surface area contributed by atoms with Gasteiger partial charge in [0.05, 0.1) is 6.61 Å². The molecule has 1 aromatic heterocycles. The number of nitrogens with zero attached hydrogens (tertiary/aromatic N) is 3. The van der Waals surface area contributed by atoms with Gasteiger partial charge in [-0.15, -0.1) is 5.10 Å². The summed E-state index contributed by atoms with van der Waals surface area (Å²) in [6.07, 6.45) is 0.959. The van der Waals surface area contributed by atoms with E-state index in [2.05, 4.69) is 32.9 Å². The van der Waals surface area contributed by atoms with Gasteiger partial charge in [-0.1, -0.05) is 23.6 Å². The molecule has 2 N–H and O–H groups in total. The molecule has 1 heterocycles. The van der Waals surface area contributed by atoms with E-state index < -0.39 is 0 Å². The smallest absolute Gasteiger partial charge is 0.263 e. The first-order valence-electron chi connectivity index (χ1n) is 5.68. The average Bonchev–Trinajstić information content (AvgIpc) is 2.88. The van der Waals surface area contributed by atoms with Crippen molar-refractivity contribution in [3.05, 3.63) is 28.8 Å². The van der Waals surface area contributed by atoms with Crippen molar-refractivity contribution in [2.75, 3.05) is 11.9 Å². The number of ether oxygens (including phenoxy) is 1. The predicted molar refractivity (Wildman–Crippen MR) is 68.7 cm³/mol. The van der Waals surface area contributed by atoms with Crippen molar-refractivity contribution in [3.8, 4) is 5.75 Å². The van der Waals surface area contributed by atoms with E-state index in [9.17, 15) is 0 Å². The van der Waals surface area contributed by atoms with Crippen LogP contribution >= 0.6 is 11.6 Å². The first-order chi connectivity index (χ1) is 8.79. The SMILES string of the molecule is CCCOc1ccc(Cl)cc1CNc1nn[nH]n1. The summed E-state index contributed by atoms with van der Waals surface area (Å²) in [4.78, 5) is 0. The average molecular weight is 268 g/mol. The molecule has 2 rings (SSSR count). The lowest BCUT2D eigenvalue weighted by molar-refractivity contribution is 0.314. The predicted octanol–water partition coefficient (Wildman–Crippen LogP) is 2.25. The van der Waals surface area contributed by atoms with Gasteiger partial charge >= 0.3 is 0 Å². The van der Waals surface area contributed by atoms with Crippen LogP contribution in [0.5, 0.6) is 5.75 Å². The van der Waals surface area contributed by atoms with Crippen LogP contribution in [0.4, 0.5) is 5.95 Å². The summed E-state index contributed by atoms with van der Waals surface area (Å²) in [5.74, 6) is 1.26. The Kier molecular flexibility index (Phi) is 4.35. The van der Waals surface area contributed by atoms with Gasteiger partial charge in [0.2, 0.25) is 0 Å². The second kappa shape index (κ2) is 6.20. The molecule has 0 radical (unpaired) electrons. The molecule has 0 aliphatic heterocycles. The molecular formula is C11H14ClN5O. The van der Waals surface area contributed by atoms with Gasteiger partial charge in [-0.2, -0.15) is 5.21 Å². The van der Waals surface area contributed by atoms with Crippen molar-refractivity contribution in [1.82, 2.24) is 20.6 Å². The quantitative estimate of drug-likeness (QED) is 0.840. The van der Waals surface area contributed by atoms with E-state index in [1.54, 1.807) is 0 Å². The highest BCUT2D eigenvalue weighted by molar-refractivity contribution is 6.30. The Bertz CT molecular complexity index is 488. The van der Waals surface area contributed by atoms with Crippen molar-refractivity contribution >= 4 is 17.5 Å². The Balaban J connectivity index is 2.06. The van der Waals surface area contributed by atoms with E-state index in [1.165, 1.54) is 0 Å². The number of halogens is 1. The monoisotopic (exact) mass is 267 g/mol. The van der Waals surface area contributed by atoms with Crippen LogP contribution in [0.15, 0.2) is 18.2 Å². The van der Waals surface area contributed by atoms with Crippen LogP contribution in [0.25, 0.3) is 0 Å². The van der Waals surface area contributed by atoms with Crippen molar-refractivity contribution in [2.24, 2.45) is 0 Å². The van der Waals surface area contributed by atoms with E-state index in [1.807, 2.05) is 18.2 Å². The zero-order valence-electron chi connectivity index (χ0n) is 9.98. The van der Waals surface area contributed by atoms with E-state index in [0.717, 1.165) is 17.7 Å². The van der Waals surface area contributed by atoms with E-state index in [0.29, 0.717) is 24.1 Å². The summed E-state index contributed by atoms with van der Waals surface area (Å²) < 4.78 is 5.65. The fraction of sp³-hybridized carbons (Fsp3) is 0.364. The zero-order chi connectivity index (χ0) is 12.8. The molecule has 18 heavy (non-hydrogen) atoms. The summed E-state index contributed by atoms with van der Waals surface area (Å²) in [6, 6.07) is 5.54. The third-order valence-corrected chi connectivity index (χ3v) is 2.50. The standard InChI is InChI=1S/C11H14ClN5O/c1-2-5-18-10-4-3-9(12)6-8(10)7-13-11-14-16-17-15-11/h3-4,6H,2,5,7H2,1H3,(H2,13,14,15,16,17). The molecule has 0 aliphatic carbocycles. The Morgan fingerprint density at radius 3 is 3.06 bits per heavy atom. The Hall–Kier alpha value is -1.82. The maximum atomic E-state index is 5.98. The lowest BCUT2D eigenvalue weighted by atomic mass is 10.2. The summed E-state index contributed by atoms with van der Waals surface area (Å²) in [5.41, 5.74) is 0.959. The molecule has 0 spiro atoms. The molecule has 0 saturated carbocycles. The molecule has 6 nitrogen and oxygen atoms in total. The van der Waals surface area contributed by atoms with Crippen molar-refractivity contribution < 1.29 is 4.74 Å². The number of nitrogens with one attached hydrogen (secondary N) is 2. The molecule has 0 unspecified atom stereocenters. The highest BCUT2D eigenvalue weighted by atomic mass is 35.5. The first-order valence-corrected chi connectivity index (χ1v) is 6.06. The van der Waals surface area contributed by atoms with Crippen LogP contribution in [0.1, 0.15) is 18.9 Å². The topological polar surface area (TPSA) is 75.7 Å². The van der Waals surface area contributed by atoms with E-state index in [4.69, 9.17) is 16.3 Å². The molecular weight excluding hydrogens is 254 g/mol. The van der Waals surface area contributed by atoms with Crippen LogP contribution in [0, 0.1) is 0 Å². The van der Waals surface area contributed by atoms with Gasteiger partial charge in [-0.25, -0.2) is 0 Å². The third kappa shape index (κ3) is 3.33. The number of aromatic amines is 1. The fourth-order valence-electron chi connectivity index (χ4n) is 1.45. The van der Waals surface area contributed by atoms with Crippen LogP contribution < -0.4 is 10.1 Å². The molecule has 0 fully saturated rings. The fourth-order valence-corrected chi connectivity index (χ4v) is 1.64. The van der Waals surface area contributed by atoms with Crippen LogP contribution in [-0.2, 0) is 6.54 Å². The number of aromatic nitrogens is 4. The lowest BCUT2D eigenvalue weighted by Crippen LogP contribution is -2.05. The highest BCUT2D eigenvalue weighted by Crippen LogP contribution is 2.23. The van der Waals surface area contributed by atoms with Gasteiger partial charge in [-0.3, -0.25) is 0 Å². The molecule has 0 aliphatic rings. The van der Waals surface area contributed by atoms with Gasteiger partial charge < -0.3 is 10.1 Å². The molecule has 7 heteroatoms. The molecule has 0 bridgehead atoms. The third-order valence-electron chi connectivity index (χ3n) is 2.27. The van der Waals surface area contributed by atoms with Crippen LogP contribution in [0.3, 0.4) is 0 Å². The molecule has 0 saturated heterocycles. The summed E-state index contributed by atoms with van der Waals surface area (Å²) >= 11 is 5.98. The largest absolute Gasteiger partial charge is 0.493 e. The second-order valence-electron chi connectivity index (χ2n) is 3.69. The molecule has 0 atom stereocenters. The van der Waals surface area contributed by atoms with Crippen molar-refractivity contribution in [1.29, 1.82) is 0 Å². The van der Waals surface area contributed by atoms with Crippen molar-refractivity contribution in [3.63, 3.8) is 0 Å². The Morgan fingerprint density at radius 1 is 1.44 bits per heavy atom. The van der Waals surface area contributed by atoms with Gasteiger partial charge in [0.25, 0.3) is 5.95 Å². The number of hydrogen-bond acceptors (Lipinski definition) is 5. The van der Waals surface area contributed by atoms with Crippen LogP contribution in [-0.4, -0.2) is 27.2 Å². The lowest BCUT2D eigenvalue weighted by Gasteiger charge is -2.11. The van der Waals surface area contributed by atoms with Gasteiger partial charge in [0.1, 0.15) is 5.75 Å². The maximum absolute atomic E-state index is 5.98. The molecule has 96 valence electrons. The summed E-state index contributed by atoms with van der Waals surface area (Å²) in [6.45, 7) is 3.27. The number of hydrogen-bond donors (Lipinski definition) is 2. The summed E-state index contributed by atoms with van der Waals surface area (Å²) in [5, 5.41) is 17.2. The van der Waals surface area contributed by atoms with Gasteiger partial charge in [-0.05, 0) is 29.8 Å². The highest BCUT2D eigenvalue weighted by Gasteiger charge is 2.06. The minimum Gasteiger partial charge on any atom is -0.493 e. The van der Waals surface area contributed by atoms with Gasteiger partial charge in [0.15, 0.2) is 0 Å². The zero-order valence-corrected chi connectivity index (χ0v) is 10.7. The number of rotatable bonds is 6. The normalized spacial score (nSPS) is 10.3. The minimum atomic E-state index is 0.441. The maximum Gasteiger partial charge on any atom is 0.263 e. The Morgan fingerprint density at radius 2 is 2.33 bits per heavy atom. The number of anilines is 1.